The van der Waals surface area contributed by atoms with E-state index in [1.165, 1.54) is 6.07 Å². The highest BCUT2D eigenvalue weighted by Crippen LogP contribution is 1.97. The smallest absolute Gasteiger partial charge is 0.204 e. The van der Waals surface area contributed by atoms with Gasteiger partial charge in [0, 0.05) is 31.6 Å². The number of rotatable bonds is 5. The Morgan fingerprint density at radius 2 is 2.27 bits per heavy atom. The third-order valence-corrected chi connectivity index (χ3v) is 2.02. The fraction of sp³-hybridized carbons (Fsp3) is 0.545. The average Bonchev–Trinajstić information content (AvgIpc) is 2.18. The van der Waals surface area contributed by atoms with Crippen LogP contribution in [0, 0.1) is 0 Å². The van der Waals surface area contributed by atoms with Gasteiger partial charge in [0.1, 0.15) is 0 Å². The molecule has 0 radical (unpaired) electrons. The number of nitrogens with zero attached hydrogens (tertiary/aromatic N) is 1. The number of nitrogen functional groups attached to an aromatic ring is 1. The van der Waals surface area contributed by atoms with Crippen molar-refractivity contribution in [2.24, 2.45) is 0 Å². The van der Waals surface area contributed by atoms with Gasteiger partial charge in [0.25, 0.3) is 0 Å². The Labute approximate surface area is 89.7 Å². The van der Waals surface area contributed by atoms with Crippen LogP contribution in [0.25, 0.3) is 0 Å². The van der Waals surface area contributed by atoms with Crippen LogP contribution in [0.3, 0.4) is 0 Å². The monoisotopic (exact) mass is 210 g/mol. The molecule has 2 N–H and O–H groups in total. The minimum absolute atomic E-state index is 0.121. The van der Waals surface area contributed by atoms with Gasteiger partial charge in [-0.3, -0.25) is 4.79 Å². The lowest BCUT2D eigenvalue weighted by atomic mass is 10.3. The van der Waals surface area contributed by atoms with Crippen molar-refractivity contribution in [3.63, 3.8) is 0 Å². The molecule has 0 saturated heterocycles. The summed E-state index contributed by atoms with van der Waals surface area (Å²) in [6, 6.07) is 1.48. The first-order chi connectivity index (χ1) is 7.09. The van der Waals surface area contributed by atoms with Gasteiger partial charge in [-0.1, -0.05) is 0 Å². The zero-order valence-electron chi connectivity index (χ0n) is 9.27. The normalized spacial score (nSPS) is 10.9. The molecule has 4 nitrogen and oxygen atoms in total. The highest BCUT2D eigenvalue weighted by Gasteiger charge is 1.96. The Hall–Kier alpha value is -1.29. The van der Waals surface area contributed by atoms with Gasteiger partial charge in [0.05, 0.1) is 11.8 Å². The number of nitrogens with two attached hydrogens (primary N) is 1. The molecule has 84 valence electrons. The average molecular weight is 210 g/mol. The molecule has 0 aliphatic heterocycles. The van der Waals surface area contributed by atoms with E-state index in [4.69, 9.17) is 10.5 Å². The van der Waals surface area contributed by atoms with E-state index in [1.807, 2.05) is 18.4 Å². The first-order valence-corrected chi connectivity index (χ1v) is 5.17. The molecular formula is C11H18N2O2. The van der Waals surface area contributed by atoms with Crippen LogP contribution in [0.4, 0.5) is 5.69 Å². The van der Waals surface area contributed by atoms with Crippen LogP contribution < -0.4 is 11.2 Å². The Kier molecular flexibility index (Phi) is 4.37. The molecule has 0 aromatic carbocycles. The van der Waals surface area contributed by atoms with Gasteiger partial charge in [-0.2, -0.15) is 0 Å². The molecule has 0 spiro atoms. The highest BCUT2D eigenvalue weighted by atomic mass is 16.5. The number of hydrogen-bond donors (Lipinski definition) is 1. The second-order valence-corrected chi connectivity index (χ2v) is 3.78. The number of aryl methyl sites for hydroxylation is 1. The van der Waals surface area contributed by atoms with E-state index in [9.17, 15) is 4.79 Å². The predicted octanol–water partition coefficient (Wildman–Crippen LogP) is 1.25. The molecule has 1 aromatic heterocycles. The maximum Gasteiger partial charge on any atom is 0.204 e. The van der Waals surface area contributed by atoms with Crippen molar-refractivity contribution in [3.8, 4) is 0 Å². The molecule has 0 aliphatic carbocycles. The minimum Gasteiger partial charge on any atom is -0.394 e. The molecule has 15 heavy (non-hydrogen) atoms. The molecule has 4 heteroatoms. The fourth-order valence-electron chi connectivity index (χ4n) is 1.25. The molecule has 0 fully saturated rings. The summed E-state index contributed by atoms with van der Waals surface area (Å²) in [7, 11) is 0. The standard InChI is InChI=1S/C11H18N2O2/c1-9(2)15-7-3-5-13-6-4-11(14)10(12)8-13/h4,6,8-9H,3,5,7,12H2,1-2H3. The molecule has 0 aliphatic rings. The van der Waals surface area contributed by atoms with E-state index >= 15 is 0 Å². The number of ether oxygens (including phenoxy) is 1. The van der Waals surface area contributed by atoms with E-state index < -0.39 is 0 Å². The number of anilines is 1. The maximum atomic E-state index is 11.0. The lowest BCUT2D eigenvalue weighted by Crippen LogP contribution is -2.12. The Balaban J connectivity index is 2.38. The van der Waals surface area contributed by atoms with E-state index in [1.54, 1.807) is 12.4 Å². The second kappa shape index (κ2) is 5.56. The Bertz CT molecular complexity index is 358. The van der Waals surface area contributed by atoms with Crippen LogP contribution in [0.15, 0.2) is 23.3 Å². The van der Waals surface area contributed by atoms with E-state index in [2.05, 4.69) is 0 Å². The summed E-state index contributed by atoms with van der Waals surface area (Å²) in [4.78, 5) is 11.0. The molecule has 1 rings (SSSR count). The predicted molar refractivity (Wildman–Crippen MR) is 60.8 cm³/mol. The quantitative estimate of drug-likeness (QED) is 0.744. The SMILES string of the molecule is CC(C)OCCCn1ccc(=O)c(N)c1. The lowest BCUT2D eigenvalue weighted by molar-refractivity contribution is 0.0748. The van der Waals surface area contributed by atoms with Crippen LogP contribution in [-0.2, 0) is 11.3 Å². The van der Waals surface area contributed by atoms with Gasteiger partial charge < -0.3 is 15.0 Å². The summed E-state index contributed by atoms with van der Waals surface area (Å²) >= 11 is 0. The van der Waals surface area contributed by atoms with Crippen LogP contribution in [-0.4, -0.2) is 17.3 Å². The van der Waals surface area contributed by atoms with Gasteiger partial charge in [-0.15, -0.1) is 0 Å². The molecule has 0 bridgehead atoms. The van der Waals surface area contributed by atoms with Crippen molar-refractivity contribution in [3.05, 3.63) is 28.7 Å². The van der Waals surface area contributed by atoms with Crippen molar-refractivity contribution in [1.82, 2.24) is 4.57 Å². The largest absolute Gasteiger partial charge is 0.394 e. The Morgan fingerprint density at radius 1 is 1.53 bits per heavy atom. The van der Waals surface area contributed by atoms with Crippen molar-refractivity contribution < 1.29 is 4.74 Å². The molecule has 0 atom stereocenters. The van der Waals surface area contributed by atoms with E-state index in [0.29, 0.717) is 5.69 Å². The molecule has 0 amide bonds. The maximum absolute atomic E-state index is 11.0. The van der Waals surface area contributed by atoms with Gasteiger partial charge in [0.2, 0.25) is 5.43 Å². The van der Waals surface area contributed by atoms with Gasteiger partial charge in [0.15, 0.2) is 0 Å². The van der Waals surface area contributed by atoms with E-state index in [0.717, 1.165) is 19.6 Å². The zero-order valence-corrected chi connectivity index (χ0v) is 9.27. The fourth-order valence-corrected chi connectivity index (χ4v) is 1.25. The second-order valence-electron chi connectivity index (χ2n) is 3.78. The first kappa shape index (κ1) is 11.8. The van der Waals surface area contributed by atoms with Crippen LogP contribution in [0.2, 0.25) is 0 Å². The summed E-state index contributed by atoms with van der Waals surface area (Å²) < 4.78 is 7.31. The van der Waals surface area contributed by atoms with Gasteiger partial charge in [-0.25, -0.2) is 0 Å². The van der Waals surface area contributed by atoms with Crippen LogP contribution in [0.5, 0.6) is 0 Å². The topological polar surface area (TPSA) is 57.2 Å². The molecule has 0 unspecified atom stereocenters. The van der Waals surface area contributed by atoms with Crippen molar-refractivity contribution >= 4 is 5.69 Å². The molecule has 1 heterocycles. The van der Waals surface area contributed by atoms with Crippen LogP contribution >= 0.6 is 0 Å². The highest BCUT2D eigenvalue weighted by molar-refractivity contribution is 5.33. The molecular weight excluding hydrogens is 192 g/mol. The summed E-state index contributed by atoms with van der Waals surface area (Å²) in [5.41, 5.74) is 5.68. The van der Waals surface area contributed by atoms with Gasteiger partial charge >= 0.3 is 0 Å². The lowest BCUT2D eigenvalue weighted by Gasteiger charge is -2.09. The number of hydrogen-bond acceptors (Lipinski definition) is 3. The van der Waals surface area contributed by atoms with Crippen LogP contribution in [0.1, 0.15) is 20.3 Å². The summed E-state index contributed by atoms with van der Waals surface area (Å²) in [6.07, 6.45) is 4.59. The molecule has 1 aromatic rings. The number of pyridine rings is 1. The number of aromatic nitrogens is 1. The zero-order chi connectivity index (χ0) is 11.3. The van der Waals surface area contributed by atoms with Gasteiger partial charge in [-0.05, 0) is 20.3 Å². The summed E-state index contributed by atoms with van der Waals surface area (Å²) in [6.45, 7) is 5.57. The van der Waals surface area contributed by atoms with E-state index in [-0.39, 0.29) is 11.5 Å². The summed E-state index contributed by atoms with van der Waals surface area (Å²) in [5.74, 6) is 0. The molecule has 0 saturated carbocycles. The Morgan fingerprint density at radius 3 is 2.87 bits per heavy atom. The van der Waals surface area contributed by atoms with Crippen molar-refractivity contribution in [2.75, 3.05) is 12.3 Å². The third-order valence-electron chi connectivity index (χ3n) is 2.02. The van der Waals surface area contributed by atoms with Crippen molar-refractivity contribution in [1.29, 1.82) is 0 Å². The minimum atomic E-state index is -0.121. The van der Waals surface area contributed by atoms with Crippen molar-refractivity contribution in [2.45, 2.75) is 32.9 Å². The first-order valence-electron chi connectivity index (χ1n) is 5.17. The summed E-state index contributed by atoms with van der Waals surface area (Å²) in [5, 5.41) is 0. The third kappa shape index (κ3) is 4.16.